The van der Waals surface area contributed by atoms with Gasteiger partial charge in [-0.1, -0.05) is 17.7 Å². The van der Waals surface area contributed by atoms with Gasteiger partial charge in [0.15, 0.2) is 4.77 Å². The van der Waals surface area contributed by atoms with Crippen LogP contribution in [-0.4, -0.2) is 47.3 Å². The second kappa shape index (κ2) is 5.63. The molecule has 1 aliphatic heterocycles. The predicted octanol–water partition coefficient (Wildman–Crippen LogP) is 2.68. The molecule has 3 rings (SSSR count). The lowest BCUT2D eigenvalue weighted by atomic mass is 10.3. The molecular formula is C13H16ClN3OS. The molecule has 19 heavy (non-hydrogen) atoms. The van der Waals surface area contributed by atoms with E-state index in [0.29, 0.717) is 0 Å². The summed E-state index contributed by atoms with van der Waals surface area (Å²) in [6, 6.07) is 5.84. The van der Waals surface area contributed by atoms with Gasteiger partial charge in [-0.3, -0.25) is 4.90 Å². The van der Waals surface area contributed by atoms with E-state index < -0.39 is 0 Å². The Balaban J connectivity index is 1.84. The Labute approximate surface area is 121 Å². The van der Waals surface area contributed by atoms with Crippen LogP contribution in [-0.2, 0) is 11.3 Å². The standard InChI is InChI=1S/C13H16ClN3OS/c14-10-2-1-3-11-12(10)17(13(19)15-11)5-4-16-6-8-18-9-7-16/h1-3H,4-9H2,(H,15,19). The van der Waals surface area contributed by atoms with Crippen molar-refractivity contribution in [3.8, 4) is 0 Å². The van der Waals surface area contributed by atoms with Crippen molar-refractivity contribution in [1.82, 2.24) is 14.5 Å². The summed E-state index contributed by atoms with van der Waals surface area (Å²) in [5.41, 5.74) is 2.00. The molecule has 0 aliphatic carbocycles. The molecule has 1 aromatic carbocycles. The SMILES string of the molecule is S=c1[nH]c2cccc(Cl)c2n1CCN1CCOCC1. The number of halogens is 1. The van der Waals surface area contributed by atoms with E-state index in [1.165, 1.54) is 0 Å². The lowest BCUT2D eigenvalue weighted by Gasteiger charge is -2.26. The Hall–Kier alpha value is -0.880. The van der Waals surface area contributed by atoms with Gasteiger partial charge in [0, 0.05) is 26.2 Å². The van der Waals surface area contributed by atoms with E-state index in [0.717, 1.165) is 60.2 Å². The third-order valence-electron chi connectivity index (χ3n) is 3.49. The minimum Gasteiger partial charge on any atom is -0.379 e. The summed E-state index contributed by atoms with van der Waals surface area (Å²) in [6.45, 7) is 5.44. The maximum Gasteiger partial charge on any atom is 0.178 e. The number of nitrogens with zero attached hydrogens (tertiary/aromatic N) is 2. The fourth-order valence-electron chi connectivity index (χ4n) is 2.45. The molecule has 6 heteroatoms. The number of ether oxygens (including phenoxy) is 1. The van der Waals surface area contributed by atoms with Gasteiger partial charge >= 0.3 is 0 Å². The van der Waals surface area contributed by atoms with Crippen LogP contribution in [0.2, 0.25) is 5.02 Å². The molecule has 0 radical (unpaired) electrons. The Morgan fingerprint density at radius 1 is 1.26 bits per heavy atom. The topological polar surface area (TPSA) is 33.2 Å². The van der Waals surface area contributed by atoms with Crippen molar-refractivity contribution in [1.29, 1.82) is 0 Å². The second-order valence-corrected chi connectivity index (χ2v) is 5.47. The summed E-state index contributed by atoms with van der Waals surface area (Å²) in [4.78, 5) is 5.60. The number of hydrogen-bond acceptors (Lipinski definition) is 3. The number of rotatable bonds is 3. The molecule has 0 unspecified atom stereocenters. The molecule has 0 amide bonds. The number of imidazole rings is 1. The van der Waals surface area contributed by atoms with E-state index in [9.17, 15) is 0 Å². The highest BCUT2D eigenvalue weighted by atomic mass is 35.5. The number of morpholine rings is 1. The van der Waals surface area contributed by atoms with Crippen LogP contribution in [0.4, 0.5) is 0 Å². The van der Waals surface area contributed by atoms with Gasteiger partial charge in [-0.15, -0.1) is 0 Å². The van der Waals surface area contributed by atoms with E-state index in [2.05, 4.69) is 14.5 Å². The average molecular weight is 298 g/mol. The van der Waals surface area contributed by atoms with Gasteiger partial charge in [0.25, 0.3) is 0 Å². The number of H-pyrrole nitrogens is 1. The number of aromatic amines is 1. The van der Waals surface area contributed by atoms with Crippen LogP contribution in [0.5, 0.6) is 0 Å². The summed E-state index contributed by atoms with van der Waals surface area (Å²) in [5, 5.41) is 0.742. The molecule has 1 aliphatic rings. The number of hydrogen-bond donors (Lipinski definition) is 1. The van der Waals surface area contributed by atoms with Gasteiger partial charge in [0.05, 0.1) is 29.3 Å². The average Bonchev–Trinajstić information content (AvgIpc) is 2.75. The minimum atomic E-state index is 0.733. The van der Waals surface area contributed by atoms with E-state index in [4.69, 9.17) is 28.6 Å². The summed E-state index contributed by atoms with van der Waals surface area (Å²) in [7, 11) is 0. The zero-order chi connectivity index (χ0) is 13.2. The molecule has 1 saturated heterocycles. The molecule has 102 valence electrons. The Morgan fingerprint density at radius 3 is 2.84 bits per heavy atom. The molecule has 0 bridgehead atoms. The van der Waals surface area contributed by atoms with Gasteiger partial charge < -0.3 is 14.3 Å². The van der Waals surface area contributed by atoms with Crippen LogP contribution >= 0.6 is 23.8 Å². The Morgan fingerprint density at radius 2 is 2.05 bits per heavy atom. The monoisotopic (exact) mass is 297 g/mol. The number of nitrogens with one attached hydrogen (secondary N) is 1. The van der Waals surface area contributed by atoms with Gasteiger partial charge in [0.1, 0.15) is 0 Å². The lowest BCUT2D eigenvalue weighted by molar-refractivity contribution is 0.0365. The zero-order valence-corrected chi connectivity index (χ0v) is 12.1. The fraction of sp³-hybridized carbons (Fsp3) is 0.462. The summed E-state index contributed by atoms with van der Waals surface area (Å²) in [6.07, 6.45) is 0. The molecule has 2 aromatic rings. The van der Waals surface area contributed by atoms with E-state index >= 15 is 0 Å². The molecule has 4 nitrogen and oxygen atoms in total. The van der Waals surface area contributed by atoms with Gasteiger partial charge in [-0.25, -0.2) is 0 Å². The fourth-order valence-corrected chi connectivity index (χ4v) is 3.02. The van der Waals surface area contributed by atoms with Crippen molar-refractivity contribution in [2.45, 2.75) is 6.54 Å². The number of fused-ring (bicyclic) bond motifs is 1. The number of para-hydroxylation sites is 1. The van der Waals surface area contributed by atoms with Gasteiger partial charge in [0.2, 0.25) is 0 Å². The maximum absolute atomic E-state index is 6.28. The van der Waals surface area contributed by atoms with E-state index in [-0.39, 0.29) is 0 Å². The Bertz CT molecular complexity index is 630. The minimum absolute atomic E-state index is 0.733. The normalized spacial score (nSPS) is 17.1. The summed E-state index contributed by atoms with van der Waals surface area (Å²) in [5.74, 6) is 0. The first-order valence-corrected chi connectivity index (χ1v) is 7.21. The van der Waals surface area contributed by atoms with Crippen LogP contribution in [0.15, 0.2) is 18.2 Å². The first-order valence-electron chi connectivity index (χ1n) is 6.43. The molecule has 1 fully saturated rings. The van der Waals surface area contributed by atoms with Crippen LogP contribution < -0.4 is 0 Å². The van der Waals surface area contributed by atoms with Crippen molar-refractivity contribution in [3.05, 3.63) is 28.0 Å². The van der Waals surface area contributed by atoms with Crippen molar-refractivity contribution in [2.75, 3.05) is 32.8 Å². The quantitative estimate of drug-likeness (QED) is 0.884. The highest BCUT2D eigenvalue weighted by molar-refractivity contribution is 7.71. The van der Waals surface area contributed by atoms with Crippen LogP contribution in [0.3, 0.4) is 0 Å². The molecular weight excluding hydrogens is 282 g/mol. The van der Waals surface area contributed by atoms with Crippen molar-refractivity contribution < 1.29 is 4.74 Å². The Kier molecular flexibility index (Phi) is 3.88. The molecule has 0 saturated carbocycles. The highest BCUT2D eigenvalue weighted by Gasteiger charge is 2.12. The summed E-state index contributed by atoms with van der Waals surface area (Å²) < 4.78 is 8.17. The molecule has 1 N–H and O–H groups in total. The predicted molar refractivity (Wildman–Crippen MR) is 79.4 cm³/mol. The highest BCUT2D eigenvalue weighted by Crippen LogP contribution is 2.23. The van der Waals surface area contributed by atoms with Crippen LogP contribution in [0.25, 0.3) is 11.0 Å². The van der Waals surface area contributed by atoms with Gasteiger partial charge in [-0.2, -0.15) is 0 Å². The summed E-state index contributed by atoms with van der Waals surface area (Å²) >= 11 is 11.7. The lowest BCUT2D eigenvalue weighted by Crippen LogP contribution is -2.38. The largest absolute Gasteiger partial charge is 0.379 e. The van der Waals surface area contributed by atoms with Gasteiger partial charge in [-0.05, 0) is 24.4 Å². The van der Waals surface area contributed by atoms with E-state index in [1.807, 2.05) is 18.2 Å². The molecule has 1 aromatic heterocycles. The first-order chi connectivity index (χ1) is 9.25. The molecule has 0 spiro atoms. The van der Waals surface area contributed by atoms with Crippen molar-refractivity contribution in [3.63, 3.8) is 0 Å². The van der Waals surface area contributed by atoms with Crippen LogP contribution in [0, 0.1) is 4.77 Å². The smallest absolute Gasteiger partial charge is 0.178 e. The number of aromatic nitrogens is 2. The zero-order valence-electron chi connectivity index (χ0n) is 10.6. The number of benzene rings is 1. The third kappa shape index (κ3) is 2.69. The molecule has 2 heterocycles. The van der Waals surface area contributed by atoms with Crippen molar-refractivity contribution in [2.24, 2.45) is 0 Å². The first kappa shape index (κ1) is 13.1. The maximum atomic E-state index is 6.28. The van der Waals surface area contributed by atoms with Crippen LogP contribution in [0.1, 0.15) is 0 Å². The van der Waals surface area contributed by atoms with Crippen molar-refractivity contribution >= 4 is 34.9 Å². The second-order valence-electron chi connectivity index (χ2n) is 4.67. The molecule has 0 atom stereocenters. The van der Waals surface area contributed by atoms with E-state index in [1.54, 1.807) is 0 Å². The third-order valence-corrected chi connectivity index (χ3v) is 4.11.